The van der Waals surface area contributed by atoms with Crippen molar-refractivity contribution in [1.82, 2.24) is 5.32 Å². The molecule has 0 aliphatic rings. The minimum absolute atomic E-state index is 0.170. The van der Waals surface area contributed by atoms with Crippen molar-refractivity contribution in [3.05, 3.63) is 58.7 Å². The molecule has 2 aromatic carbocycles. The molecule has 0 spiro atoms. The number of sulfonamides is 1. The number of aryl methyl sites for hydroxylation is 1. The largest absolute Gasteiger partial charge is 0.496 e. The Morgan fingerprint density at radius 2 is 1.76 bits per heavy atom. The molecule has 1 unspecified atom stereocenters. The zero-order valence-corrected chi connectivity index (χ0v) is 20.3. The van der Waals surface area contributed by atoms with Gasteiger partial charge in [0.15, 0.2) is 0 Å². The van der Waals surface area contributed by atoms with E-state index in [-0.39, 0.29) is 11.6 Å². The summed E-state index contributed by atoms with van der Waals surface area (Å²) in [6.45, 7) is 7.00. The minimum Gasteiger partial charge on any atom is -0.496 e. The van der Waals surface area contributed by atoms with Gasteiger partial charge in [-0.3, -0.25) is 9.10 Å². The first-order chi connectivity index (χ1) is 15.1. The highest BCUT2D eigenvalue weighted by atomic mass is 32.2. The Balaban J connectivity index is 2.30. The van der Waals surface area contributed by atoms with Gasteiger partial charge in [0.2, 0.25) is 15.9 Å². The van der Waals surface area contributed by atoms with Gasteiger partial charge >= 0.3 is 6.18 Å². The van der Waals surface area contributed by atoms with Crippen LogP contribution in [0, 0.1) is 6.92 Å². The van der Waals surface area contributed by atoms with Gasteiger partial charge in [0.1, 0.15) is 12.3 Å². The molecule has 182 valence electrons. The Kier molecular flexibility index (Phi) is 8.05. The molecule has 0 aromatic heterocycles. The third-order valence-corrected chi connectivity index (χ3v) is 6.37. The lowest BCUT2D eigenvalue weighted by Crippen LogP contribution is -2.41. The first-order valence-electron chi connectivity index (χ1n) is 10.3. The second kappa shape index (κ2) is 10.0. The predicted molar refractivity (Wildman–Crippen MR) is 122 cm³/mol. The van der Waals surface area contributed by atoms with Gasteiger partial charge in [0.05, 0.1) is 30.7 Å². The number of anilines is 1. The van der Waals surface area contributed by atoms with Gasteiger partial charge in [0.25, 0.3) is 0 Å². The zero-order valence-electron chi connectivity index (χ0n) is 19.4. The van der Waals surface area contributed by atoms with Crippen LogP contribution in [0.1, 0.15) is 55.0 Å². The van der Waals surface area contributed by atoms with Crippen LogP contribution < -0.4 is 14.4 Å². The minimum atomic E-state index is -4.64. The normalized spacial score (nSPS) is 13.0. The van der Waals surface area contributed by atoms with Gasteiger partial charge in [-0.1, -0.05) is 19.9 Å². The average molecular weight is 487 g/mol. The highest BCUT2D eigenvalue weighted by Gasteiger charge is 2.32. The zero-order chi connectivity index (χ0) is 25.1. The van der Waals surface area contributed by atoms with Crippen LogP contribution in [0.5, 0.6) is 5.75 Å². The molecule has 0 bridgehead atoms. The Morgan fingerprint density at radius 3 is 2.27 bits per heavy atom. The first-order valence-corrected chi connectivity index (χ1v) is 12.1. The number of halogens is 3. The van der Waals surface area contributed by atoms with Crippen LogP contribution in [0.15, 0.2) is 36.4 Å². The highest BCUT2D eigenvalue weighted by Crippen LogP contribution is 2.33. The summed E-state index contributed by atoms with van der Waals surface area (Å²) < 4.78 is 69.9. The molecule has 1 N–H and O–H groups in total. The number of carbonyl (C=O) groups excluding carboxylic acids is 1. The maximum Gasteiger partial charge on any atom is 0.416 e. The maximum absolute atomic E-state index is 13.1. The van der Waals surface area contributed by atoms with Crippen molar-refractivity contribution >= 4 is 21.6 Å². The second-order valence-electron chi connectivity index (χ2n) is 8.21. The molecular weight excluding hydrogens is 457 g/mol. The average Bonchev–Trinajstić information content (AvgIpc) is 2.70. The van der Waals surface area contributed by atoms with E-state index in [0.717, 1.165) is 40.8 Å². The van der Waals surface area contributed by atoms with E-state index >= 15 is 0 Å². The number of nitrogens with one attached hydrogen (secondary N) is 1. The summed E-state index contributed by atoms with van der Waals surface area (Å²) in [5.41, 5.74) is 1.43. The number of ether oxygens (including phenoxy) is 1. The number of methoxy groups -OCH3 is 1. The quantitative estimate of drug-likeness (QED) is 0.582. The molecule has 0 radical (unpaired) electrons. The third-order valence-electron chi connectivity index (χ3n) is 5.23. The Bertz CT molecular complexity index is 1120. The Labute approximate surface area is 192 Å². The number of rotatable bonds is 8. The summed E-state index contributed by atoms with van der Waals surface area (Å²) in [7, 11) is -2.44. The molecular formula is C23H29F3N2O4S. The number of hydrogen-bond acceptors (Lipinski definition) is 4. The summed E-state index contributed by atoms with van der Waals surface area (Å²) in [6, 6.07) is 7.21. The molecule has 33 heavy (non-hydrogen) atoms. The van der Waals surface area contributed by atoms with E-state index in [1.807, 2.05) is 32.9 Å². The molecule has 1 atom stereocenters. The van der Waals surface area contributed by atoms with Crippen molar-refractivity contribution in [2.75, 3.05) is 24.2 Å². The molecule has 0 fully saturated rings. The predicted octanol–water partition coefficient (Wildman–Crippen LogP) is 4.79. The van der Waals surface area contributed by atoms with Crippen LogP contribution in [0.3, 0.4) is 0 Å². The van der Waals surface area contributed by atoms with Crippen LogP contribution in [0.2, 0.25) is 0 Å². The van der Waals surface area contributed by atoms with E-state index in [4.69, 9.17) is 4.74 Å². The van der Waals surface area contributed by atoms with Crippen molar-refractivity contribution in [2.24, 2.45) is 0 Å². The molecule has 6 nitrogen and oxygen atoms in total. The van der Waals surface area contributed by atoms with Gasteiger partial charge in [0, 0.05) is 0 Å². The van der Waals surface area contributed by atoms with Crippen molar-refractivity contribution in [1.29, 1.82) is 0 Å². The van der Waals surface area contributed by atoms with E-state index in [1.54, 1.807) is 14.0 Å². The van der Waals surface area contributed by atoms with Crippen molar-refractivity contribution < 1.29 is 31.1 Å². The lowest BCUT2D eigenvalue weighted by Gasteiger charge is -2.25. The molecule has 0 aliphatic carbocycles. The van der Waals surface area contributed by atoms with E-state index in [2.05, 4.69) is 5.32 Å². The molecule has 2 aromatic rings. The van der Waals surface area contributed by atoms with E-state index in [9.17, 15) is 26.4 Å². The summed E-state index contributed by atoms with van der Waals surface area (Å²) in [6.07, 6.45) is -3.80. The van der Waals surface area contributed by atoms with Gasteiger partial charge in [-0.2, -0.15) is 13.2 Å². The molecule has 10 heteroatoms. The maximum atomic E-state index is 13.1. The van der Waals surface area contributed by atoms with Crippen LogP contribution in [0.4, 0.5) is 18.9 Å². The fourth-order valence-electron chi connectivity index (χ4n) is 3.54. The molecule has 0 saturated carbocycles. The van der Waals surface area contributed by atoms with Gasteiger partial charge < -0.3 is 10.1 Å². The second-order valence-corrected chi connectivity index (χ2v) is 10.1. The number of carbonyl (C=O) groups is 1. The topological polar surface area (TPSA) is 75.7 Å². The first kappa shape index (κ1) is 26.5. The number of alkyl halides is 3. The fourth-order valence-corrected chi connectivity index (χ4v) is 4.39. The van der Waals surface area contributed by atoms with Crippen LogP contribution in [-0.2, 0) is 21.0 Å². The number of hydrogen-bond donors (Lipinski definition) is 1. The van der Waals surface area contributed by atoms with E-state index in [0.29, 0.717) is 10.4 Å². The number of amides is 1. The summed E-state index contributed by atoms with van der Waals surface area (Å²) in [5, 5.41) is 2.75. The smallest absolute Gasteiger partial charge is 0.416 e. The monoisotopic (exact) mass is 486 g/mol. The van der Waals surface area contributed by atoms with Crippen LogP contribution >= 0.6 is 0 Å². The van der Waals surface area contributed by atoms with Crippen molar-refractivity contribution in [3.8, 4) is 5.75 Å². The molecule has 0 heterocycles. The van der Waals surface area contributed by atoms with E-state index in [1.165, 1.54) is 6.07 Å². The van der Waals surface area contributed by atoms with Gasteiger partial charge in [-0.15, -0.1) is 0 Å². The van der Waals surface area contributed by atoms with Gasteiger partial charge in [-0.05, 0) is 66.8 Å². The lowest BCUT2D eigenvalue weighted by atomic mass is 9.93. The van der Waals surface area contributed by atoms with E-state index < -0.39 is 40.3 Å². The Hall–Kier alpha value is -2.75. The standard InChI is InChI=1S/C23H29F3N2O4S/c1-14(2)19-12-20(15(3)10-21(19)32-5)16(4)27-22(29)13-28(33(6,30)31)18-9-7-8-17(11-18)23(24,25)26/h7-12,14,16H,13H2,1-6H3,(H,27,29). The molecule has 0 saturated heterocycles. The van der Waals surface area contributed by atoms with Crippen LogP contribution in [0.25, 0.3) is 0 Å². The summed E-state index contributed by atoms with van der Waals surface area (Å²) in [5.74, 6) is 0.257. The SMILES string of the molecule is COc1cc(C)c(C(C)NC(=O)CN(c2cccc(C(F)(F)F)c2)S(C)(=O)=O)cc1C(C)C. The lowest BCUT2D eigenvalue weighted by molar-refractivity contribution is -0.137. The molecule has 1 amide bonds. The molecule has 0 aliphatic heterocycles. The molecule has 2 rings (SSSR count). The number of nitrogens with zero attached hydrogens (tertiary/aromatic N) is 1. The summed E-state index contributed by atoms with van der Waals surface area (Å²) >= 11 is 0. The Morgan fingerprint density at radius 1 is 1.12 bits per heavy atom. The fraction of sp³-hybridized carbons (Fsp3) is 0.435. The third kappa shape index (κ3) is 6.63. The summed E-state index contributed by atoms with van der Waals surface area (Å²) in [4.78, 5) is 12.7. The number of benzene rings is 2. The highest BCUT2D eigenvalue weighted by molar-refractivity contribution is 7.92. The van der Waals surface area contributed by atoms with Crippen molar-refractivity contribution in [2.45, 2.75) is 45.8 Å². The van der Waals surface area contributed by atoms with Gasteiger partial charge in [-0.25, -0.2) is 8.42 Å². The van der Waals surface area contributed by atoms with Crippen LogP contribution in [-0.4, -0.2) is 34.2 Å². The van der Waals surface area contributed by atoms with Crippen molar-refractivity contribution in [3.63, 3.8) is 0 Å².